The maximum absolute atomic E-state index is 11.7. The number of aromatic carboxylic acids is 1. The van der Waals surface area contributed by atoms with E-state index in [4.69, 9.17) is 9.84 Å². The van der Waals surface area contributed by atoms with Crippen LogP contribution in [0.1, 0.15) is 24.2 Å². The van der Waals surface area contributed by atoms with Crippen LogP contribution in [0.2, 0.25) is 0 Å². The molecule has 0 fully saturated rings. The van der Waals surface area contributed by atoms with Gasteiger partial charge in [0.05, 0.1) is 29.8 Å². The van der Waals surface area contributed by atoms with Crippen molar-refractivity contribution in [2.24, 2.45) is 10.1 Å². The average Bonchev–Trinajstić information content (AvgIpc) is 2.55. The lowest BCUT2D eigenvalue weighted by Gasteiger charge is -2.28. The van der Waals surface area contributed by atoms with Crippen LogP contribution in [0.25, 0.3) is 0 Å². The molecular formula is C17H18N4O4. The van der Waals surface area contributed by atoms with Crippen molar-refractivity contribution in [1.29, 1.82) is 0 Å². The van der Waals surface area contributed by atoms with Crippen LogP contribution >= 0.6 is 0 Å². The molecule has 0 aromatic heterocycles. The minimum absolute atomic E-state index is 0.116. The van der Waals surface area contributed by atoms with Gasteiger partial charge in [-0.1, -0.05) is 12.6 Å². The molecule has 1 aromatic rings. The molecule has 0 saturated heterocycles. The Hall–Kier alpha value is -3.42. The van der Waals surface area contributed by atoms with Crippen molar-refractivity contribution in [2.45, 2.75) is 13.8 Å². The number of guanidine groups is 1. The van der Waals surface area contributed by atoms with Gasteiger partial charge >= 0.3 is 11.9 Å². The number of carboxylic acids is 1. The average molecular weight is 342 g/mol. The van der Waals surface area contributed by atoms with Crippen molar-refractivity contribution in [2.75, 3.05) is 6.61 Å². The first kappa shape index (κ1) is 17.9. The van der Waals surface area contributed by atoms with Gasteiger partial charge in [0.15, 0.2) is 0 Å². The summed E-state index contributed by atoms with van der Waals surface area (Å²) in [6.07, 6.45) is 2.80. The zero-order valence-corrected chi connectivity index (χ0v) is 13.9. The Labute approximate surface area is 144 Å². The molecule has 0 aliphatic carbocycles. The fourth-order valence-corrected chi connectivity index (χ4v) is 2.13. The molecule has 1 aromatic carbocycles. The van der Waals surface area contributed by atoms with Gasteiger partial charge in [0.25, 0.3) is 0 Å². The quantitative estimate of drug-likeness (QED) is 0.628. The van der Waals surface area contributed by atoms with Crippen molar-refractivity contribution in [3.63, 3.8) is 0 Å². The predicted molar refractivity (Wildman–Crippen MR) is 93.5 cm³/mol. The fraction of sp³-hybridized carbons (Fsp3) is 0.176. The molecule has 0 amide bonds. The van der Waals surface area contributed by atoms with Crippen LogP contribution in [0, 0.1) is 0 Å². The third-order valence-electron chi connectivity index (χ3n) is 3.17. The number of esters is 1. The second-order valence-electron chi connectivity index (χ2n) is 5.03. The lowest BCUT2D eigenvalue weighted by molar-refractivity contribution is -0.137. The summed E-state index contributed by atoms with van der Waals surface area (Å²) in [6, 6.07) is 6.15. The third kappa shape index (κ3) is 4.54. The summed E-state index contributed by atoms with van der Waals surface area (Å²) in [5, 5.41) is 13.0. The standard InChI is InChI=1S/C17H18N4O4/c1-4-25-15(22)8-11(2)21-12(3)10-18-20-17(21)19-14-7-5-6-13(9-14)16(23)24/h5-10H,3-4H2,1-2H3,(H,19,20)(H,23,24)/b11-8+. The van der Waals surface area contributed by atoms with E-state index in [0.717, 1.165) is 0 Å². The zero-order valence-electron chi connectivity index (χ0n) is 13.9. The molecule has 1 aliphatic heterocycles. The van der Waals surface area contributed by atoms with Crippen LogP contribution in [0.3, 0.4) is 0 Å². The molecule has 1 aliphatic rings. The second kappa shape index (κ2) is 7.91. The number of ether oxygens (including phenoxy) is 1. The van der Waals surface area contributed by atoms with Gasteiger partial charge in [-0.05, 0) is 32.0 Å². The molecule has 0 atom stereocenters. The number of benzene rings is 1. The van der Waals surface area contributed by atoms with E-state index in [1.807, 2.05) is 0 Å². The van der Waals surface area contributed by atoms with Crippen molar-refractivity contribution in [3.05, 3.63) is 53.9 Å². The van der Waals surface area contributed by atoms with Crippen molar-refractivity contribution < 1.29 is 19.4 Å². The van der Waals surface area contributed by atoms with Crippen molar-refractivity contribution in [3.8, 4) is 0 Å². The Morgan fingerprint density at radius 1 is 1.48 bits per heavy atom. The number of nitrogens with zero attached hydrogens (tertiary/aromatic N) is 3. The van der Waals surface area contributed by atoms with Gasteiger partial charge in [-0.3, -0.25) is 4.90 Å². The van der Waals surface area contributed by atoms with Crippen LogP contribution in [0.4, 0.5) is 5.69 Å². The molecule has 130 valence electrons. The highest BCUT2D eigenvalue weighted by molar-refractivity contribution is 5.97. The van der Waals surface area contributed by atoms with E-state index in [1.54, 1.807) is 30.9 Å². The van der Waals surface area contributed by atoms with E-state index in [1.165, 1.54) is 24.4 Å². The molecule has 0 bridgehead atoms. The van der Waals surface area contributed by atoms with Gasteiger partial charge in [-0.15, -0.1) is 0 Å². The molecule has 0 radical (unpaired) electrons. The minimum atomic E-state index is -1.05. The molecule has 0 spiro atoms. The highest BCUT2D eigenvalue weighted by Crippen LogP contribution is 2.19. The molecule has 0 unspecified atom stereocenters. The van der Waals surface area contributed by atoms with Gasteiger partial charge in [-0.25, -0.2) is 20.0 Å². The Bertz CT molecular complexity index is 796. The van der Waals surface area contributed by atoms with Crippen LogP contribution in [-0.4, -0.2) is 40.7 Å². The number of hydrazone groups is 1. The minimum Gasteiger partial charge on any atom is -0.478 e. The van der Waals surface area contributed by atoms with Gasteiger partial charge in [0.2, 0.25) is 5.96 Å². The highest BCUT2D eigenvalue weighted by atomic mass is 16.5. The molecular weight excluding hydrogens is 324 g/mol. The first-order chi connectivity index (χ1) is 11.9. The molecule has 0 saturated carbocycles. The molecule has 1 heterocycles. The van der Waals surface area contributed by atoms with E-state index in [2.05, 4.69) is 22.1 Å². The second-order valence-corrected chi connectivity index (χ2v) is 5.03. The number of nitrogens with one attached hydrogen (secondary N) is 1. The van der Waals surface area contributed by atoms with Crippen molar-refractivity contribution in [1.82, 2.24) is 10.3 Å². The van der Waals surface area contributed by atoms with Crippen LogP contribution in [0.5, 0.6) is 0 Å². The molecule has 8 heteroatoms. The Morgan fingerprint density at radius 2 is 2.24 bits per heavy atom. The van der Waals surface area contributed by atoms with Gasteiger partial charge < -0.3 is 9.84 Å². The summed E-state index contributed by atoms with van der Waals surface area (Å²) in [5.41, 5.74) is 4.27. The van der Waals surface area contributed by atoms with E-state index >= 15 is 0 Å². The topological polar surface area (TPSA) is 104 Å². The van der Waals surface area contributed by atoms with E-state index in [0.29, 0.717) is 17.1 Å². The molecule has 25 heavy (non-hydrogen) atoms. The number of rotatable bonds is 5. The van der Waals surface area contributed by atoms with E-state index in [9.17, 15) is 9.59 Å². The Kier molecular flexibility index (Phi) is 5.67. The summed E-state index contributed by atoms with van der Waals surface area (Å²) in [4.78, 5) is 28.7. The summed E-state index contributed by atoms with van der Waals surface area (Å²) in [7, 11) is 0. The summed E-state index contributed by atoms with van der Waals surface area (Å²) in [6.45, 7) is 7.57. The molecule has 2 N–H and O–H groups in total. The Balaban J connectivity index is 2.38. The SMILES string of the molecule is C=C1C=NNC(=Nc2cccc(C(=O)O)c2)N1/C(C)=C/C(=O)OCC. The Morgan fingerprint density at radius 3 is 2.92 bits per heavy atom. The largest absolute Gasteiger partial charge is 0.478 e. The van der Waals surface area contributed by atoms with E-state index < -0.39 is 11.9 Å². The number of hydrogen-bond acceptors (Lipinski definition) is 5. The van der Waals surface area contributed by atoms with Crippen molar-refractivity contribution >= 4 is 29.8 Å². The smallest absolute Gasteiger partial charge is 0.335 e. The third-order valence-corrected chi connectivity index (χ3v) is 3.17. The van der Waals surface area contributed by atoms with E-state index in [-0.39, 0.29) is 18.1 Å². The molecule has 2 rings (SSSR count). The number of carbonyl (C=O) groups is 2. The molecule has 8 nitrogen and oxygen atoms in total. The number of carboxylic acid groups (broad SMARTS) is 1. The lowest BCUT2D eigenvalue weighted by atomic mass is 10.2. The van der Waals surface area contributed by atoms with Gasteiger partial charge in [0.1, 0.15) is 0 Å². The first-order valence-electron chi connectivity index (χ1n) is 7.47. The normalized spacial score (nSPS) is 15.9. The van der Waals surface area contributed by atoms with Crippen LogP contribution in [0.15, 0.2) is 58.4 Å². The fourth-order valence-electron chi connectivity index (χ4n) is 2.13. The van der Waals surface area contributed by atoms with Crippen LogP contribution < -0.4 is 5.43 Å². The summed E-state index contributed by atoms with van der Waals surface area (Å²) >= 11 is 0. The maximum atomic E-state index is 11.7. The lowest BCUT2D eigenvalue weighted by Crippen LogP contribution is -2.41. The predicted octanol–water partition coefficient (Wildman–Crippen LogP) is 2.24. The van der Waals surface area contributed by atoms with Gasteiger partial charge in [-0.2, -0.15) is 5.10 Å². The summed E-state index contributed by atoms with van der Waals surface area (Å²) in [5.74, 6) is -1.24. The summed E-state index contributed by atoms with van der Waals surface area (Å²) < 4.78 is 4.90. The van der Waals surface area contributed by atoms with Gasteiger partial charge in [0, 0.05) is 11.8 Å². The number of aliphatic imine (C=N–C) groups is 1. The van der Waals surface area contributed by atoms with Crippen LogP contribution in [-0.2, 0) is 9.53 Å². The highest BCUT2D eigenvalue weighted by Gasteiger charge is 2.20. The number of allylic oxidation sites excluding steroid dienone is 2. The zero-order chi connectivity index (χ0) is 18.4. The maximum Gasteiger partial charge on any atom is 0.335 e. The first-order valence-corrected chi connectivity index (χ1v) is 7.47. The monoisotopic (exact) mass is 342 g/mol. The number of carbonyl (C=O) groups excluding carboxylic acids is 1. The number of hydrogen-bond donors (Lipinski definition) is 2.